The minimum atomic E-state index is -0.311. The Balaban J connectivity index is 1.85. The zero-order valence-corrected chi connectivity index (χ0v) is 14.0. The summed E-state index contributed by atoms with van der Waals surface area (Å²) in [5.41, 5.74) is 5.54. The molecule has 0 amide bonds. The third-order valence-electron chi connectivity index (χ3n) is 4.73. The maximum Gasteiger partial charge on any atom is 0.138 e. The minimum absolute atomic E-state index is 0.274. The first kappa shape index (κ1) is 14.5. The highest BCUT2D eigenvalue weighted by Gasteiger charge is 2.27. The molecule has 25 heavy (non-hydrogen) atoms. The van der Waals surface area contributed by atoms with E-state index in [1.54, 1.807) is 12.3 Å². The topological polar surface area (TPSA) is 40.7 Å². The van der Waals surface area contributed by atoms with Gasteiger partial charge < -0.3 is 10.3 Å². The highest BCUT2D eigenvalue weighted by molar-refractivity contribution is 7.80. The van der Waals surface area contributed by atoms with Crippen LogP contribution in [0.5, 0.6) is 0 Å². The van der Waals surface area contributed by atoms with Crippen LogP contribution in [0.3, 0.4) is 0 Å². The van der Waals surface area contributed by atoms with Gasteiger partial charge in [-0.3, -0.25) is 0 Å². The summed E-state index contributed by atoms with van der Waals surface area (Å²) in [5, 5.41) is 4.54. The number of nitrogens with zero attached hydrogens (tertiary/aromatic N) is 1. The number of fused-ring (bicyclic) bond motifs is 2. The number of benzene rings is 2. The molecule has 0 bridgehead atoms. The van der Waals surface area contributed by atoms with Crippen LogP contribution in [0.1, 0.15) is 17.2 Å². The predicted octanol–water partition coefficient (Wildman–Crippen LogP) is 5.17. The number of para-hydroxylation sites is 1. The average Bonchev–Trinajstić information content (AvgIpc) is 2.98. The molecule has 5 rings (SSSR count). The number of pyridine rings is 1. The quantitative estimate of drug-likeness (QED) is 0.416. The zero-order chi connectivity index (χ0) is 17.0. The van der Waals surface area contributed by atoms with E-state index in [1.165, 1.54) is 6.07 Å². The molecule has 3 nitrogen and oxygen atoms in total. The van der Waals surface area contributed by atoms with Crippen molar-refractivity contribution in [3.63, 3.8) is 0 Å². The minimum Gasteiger partial charge on any atom is -0.373 e. The summed E-state index contributed by atoms with van der Waals surface area (Å²) in [6.45, 7) is 0. The number of H-pyrrole nitrogens is 1. The summed E-state index contributed by atoms with van der Waals surface area (Å²) in [5.74, 6) is -0.274. The van der Waals surface area contributed by atoms with E-state index < -0.39 is 0 Å². The number of halogens is 1. The molecule has 122 valence electrons. The Kier molecular flexibility index (Phi) is 3.12. The van der Waals surface area contributed by atoms with E-state index in [2.05, 4.69) is 34.0 Å². The van der Waals surface area contributed by atoms with Gasteiger partial charge in [0.2, 0.25) is 0 Å². The molecule has 1 atom stereocenters. The number of aromatic amines is 1. The van der Waals surface area contributed by atoms with Crippen molar-refractivity contribution in [2.75, 3.05) is 5.32 Å². The van der Waals surface area contributed by atoms with Crippen LogP contribution in [0, 0.1) is 5.82 Å². The molecule has 1 aliphatic heterocycles. The van der Waals surface area contributed by atoms with Gasteiger partial charge in [0.05, 0.1) is 6.04 Å². The van der Waals surface area contributed by atoms with Crippen molar-refractivity contribution < 1.29 is 4.39 Å². The van der Waals surface area contributed by atoms with Crippen molar-refractivity contribution in [1.29, 1.82) is 0 Å². The largest absolute Gasteiger partial charge is 0.373 e. The first-order valence-corrected chi connectivity index (χ1v) is 8.47. The molecular formula is C20H14FN3S. The lowest BCUT2D eigenvalue weighted by Gasteiger charge is -2.20. The molecule has 1 aliphatic rings. The number of hydrogen-bond donors (Lipinski definition) is 3. The fourth-order valence-electron chi connectivity index (χ4n) is 3.61. The van der Waals surface area contributed by atoms with Gasteiger partial charge in [0.25, 0.3) is 0 Å². The third kappa shape index (κ3) is 2.16. The molecule has 0 saturated heterocycles. The highest BCUT2D eigenvalue weighted by Crippen LogP contribution is 2.43. The number of hydrogen-bond acceptors (Lipinski definition) is 3. The molecule has 0 aliphatic carbocycles. The SMILES string of the molecule is Fc1cc(S)ccc1C1Nc2ccccc2-c2ccnc3[nH]cc1c23. The summed E-state index contributed by atoms with van der Waals surface area (Å²) in [4.78, 5) is 8.26. The average molecular weight is 347 g/mol. The van der Waals surface area contributed by atoms with Gasteiger partial charge in [-0.15, -0.1) is 12.6 Å². The zero-order valence-electron chi connectivity index (χ0n) is 13.1. The monoisotopic (exact) mass is 347 g/mol. The second kappa shape index (κ2) is 5.36. The lowest BCUT2D eigenvalue weighted by molar-refractivity contribution is 0.601. The van der Waals surface area contributed by atoms with E-state index in [4.69, 9.17) is 0 Å². The van der Waals surface area contributed by atoms with Crippen molar-refractivity contribution in [2.24, 2.45) is 0 Å². The summed E-state index contributed by atoms with van der Waals surface area (Å²) in [7, 11) is 0. The summed E-state index contributed by atoms with van der Waals surface area (Å²) < 4.78 is 14.7. The molecular weight excluding hydrogens is 333 g/mol. The van der Waals surface area contributed by atoms with Gasteiger partial charge >= 0.3 is 0 Å². The number of rotatable bonds is 1. The highest BCUT2D eigenvalue weighted by atomic mass is 32.1. The van der Waals surface area contributed by atoms with Crippen molar-refractivity contribution in [2.45, 2.75) is 10.9 Å². The number of thiol groups is 1. The van der Waals surface area contributed by atoms with Gasteiger partial charge in [0.15, 0.2) is 0 Å². The first-order valence-electron chi connectivity index (χ1n) is 8.03. The number of aromatic nitrogens is 2. The Hall–Kier alpha value is -2.79. The van der Waals surface area contributed by atoms with E-state index >= 15 is 0 Å². The Morgan fingerprint density at radius 2 is 1.88 bits per heavy atom. The van der Waals surface area contributed by atoms with E-state index in [0.717, 1.165) is 33.4 Å². The predicted molar refractivity (Wildman–Crippen MR) is 101 cm³/mol. The van der Waals surface area contributed by atoms with Gasteiger partial charge in [-0.2, -0.15) is 0 Å². The normalized spacial score (nSPS) is 15.5. The van der Waals surface area contributed by atoms with Gasteiger partial charge in [-0.05, 0) is 29.8 Å². The van der Waals surface area contributed by atoms with Crippen LogP contribution >= 0.6 is 12.6 Å². The molecule has 0 radical (unpaired) electrons. The maximum absolute atomic E-state index is 14.7. The molecule has 4 aromatic rings. The van der Waals surface area contributed by atoms with Crippen LogP contribution < -0.4 is 5.32 Å². The number of anilines is 1. The lowest BCUT2D eigenvalue weighted by Crippen LogP contribution is -2.13. The van der Waals surface area contributed by atoms with Gasteiger partial charge in [0.1, 0.15) is 11.5 Å². The van der Waals surface area contributed by atoms with Crippen molar-refractivity contribution >= 4 is 29.3 Å². The van der Waals surface area contributed by atoms with Crippen LogP contribution in [0.2, 0.25) is 0 Å². The second-order valence-corrected chi connectivity index (χ2v) is 6.67. The van der Waals surface area contributed by atoms with Crippen LogP contribution in [-0.2, 0) is 0 Å². The molecule has 2 aromatic carbocycles. The summed E-state index contributed by atoms with van der Waals surface area (Å²) in [6.07, 6.45) is 3.71. The van der Waals surface area contributed by atoms with Crippen molar-refractivity contribution in [1.82, 2.24) is 9.97 Å². The Bertz CT molecular complexity index is 1120. The smallest absolute Gasteiger partial charge is 0.138 e. The van der Waals surface area contributed by atoms with Crippen molar-refractivity contribution in [3.8, 4) is 11.1 Å². The summed E-state index contributed by atoms with van der Waals surface area (Å²) in [6, 6.07) is 14.8. The van der Waals surface area contributed by atoms with Gasteiger partial charge in [-0.25, -0.2) is 9.37 Å². The van der Waals surface area contributed by atoms with E-state index in [-0.39, 0.29) is 11.9 Å². The van der Waals surface area contributed by atoms with Crippen molar-refractivity contribution in [3.05, 3.63) is 77.9 Å². The molecule has 2 aromatic heterocycles. The molecule has 0 fully saturated rings. The Morgan fingerprint density at radius 1 is 1.00 bits per heavy atom. The third-order valence-corrected chi connectivity index (χ3v) is 5.01. The van der Waals surface area contributed by atoms with E-state index in [1.807, 2.05) is 36.5 Å². The Morgan fingerprint density at radius 3 is 2.76 bits per heavy atom. The molecule has 0 spiro atoms. The van der Waals surface area contributed by atoms with Crippen LogP contribution in [-0.4, -0.2) is 9.97 Å². The molecule has 2 N–H and O–H groups in total. The number of nitrogens with one attached hydrogen (secondary N) is 2. The molecule has 0 saturated carbocycles. The standard InChI is InChI=1S/C20H14FN3S/c21-16-9-11(25)5-6-14(16)19-15-10-23-20-18(15)13(7-8-22-20)12-3-1-2-4-17(12)24-19/h1-10,19,24-25H,(H,22,23). The first-order chi connectivity index (χ1) is 12.2. The molecule has 5 heteroatoms. The lowest BCUT2D eigenvalue weighted by atomic mass is 9.96. The van der Waals surface area contributed by atoms with Crippen LogP contribution in [0.25, 0.3) is 22.2 Å². The van der Waals surface area contributed by atoms with Crippen LogP contribution in [0.15, 0.2) is 65.8 Å². The second-order valence-electron chi connectivity index (χ2n) is 6.15. The fourth-order valence-corrected chi connectivity index (χ4v) is 3.79. The Labute approximate surface area is 149 Å². The van der Waals surface area contributed by atoms with E-state index in [9.17, 15) is 4.39 Å². The fraction of sp³-hybridized carbons (Fsp3) is 0.0500. The van der Waals surface area contributed by atoms with E-state index in [0.29, 0.717) is 10.5 Å². The van der Waals surface area contributed by atoms with Gasteiger partial charge in [-0.1, -0.05) is 24.3 Å². The molecule has 1 unspecified atom stereocenters. The van der Waals surface area contributed by atoms with Gasteiger partial charge in [0, 0.05) is 45.1 Å². The summed E-state index contributed by atoms with van der Waals surface area (Å²) >= 11 is 4.23. The molecule has 3 heterocycles. The maximum atomic E-state index is 14.7. The van der Waals surface area contributed by atoms with Crippen LogP contribution in [0.4, 0.5) is 10.1 Å².